The standard InChI is InChI=1S/C10H14N4O3/c1-6(2)8-4-9(14-17-8)12-10(15)7(5-11)13-16-3/h6,8H,4H2,1-3H3,(H,12,14,15)/b13-7+. The van der Waals surface area contributed by atoms with Crippen molar-refractivity contribution in [2.24, 2.45) is 16.2 Å². The van der Waals surface area contributed by atoms with E-state index in [1.54, 1.807) is 6.07 Å². The number of carbonyl (C=O) groups is 1. The summed E-state index contributed by atoms with van der Waals surface area (Å²) < 4.78 is 0. The van der Waals surface area contributed by atoms with Gasteiger partial charge in [0, 0.05) is 6.42 Å². The third kappa shape index (κ3) is 3.45. The number of amidine groups is 1. The maximum Gasteiger partial charge on any atom is 0.289 e. The molecule has 0 fully saturated rings. The Kier molecular flexibility index (Phi) is 4.46. The summed E-state index contributed by atoms with van der Waals surface area (Å²) in [6.07, 6.45) is 0.463. The Morgan fingerprint density at radius 2 is 2.47 bits per heavy atom. The molecule has 7 nitrogen and oxygen atoms in total. The molecule has 0 bridgehead atoms. The highest BCUT2D eigenvalue weighted by atomic mass is 16.6. The van der Waals surface area contributed by atoms with Crippen molar-refractivity contribution in [3.05, 3.63) is 0 Å². The molecule has 1 N–H and O–H groups in total. The van der Waals surface area contributed by atoms with E-state index in [1.165, 1.54) is 7.11 Å². The van der Waals surface area contributed by atoms with E-state index < -0.39 is 5.91 Å². The summed E-state index contributed by atoms with van der Waals surface area (Å²) in [5.41, 5.74) is -0.358. The first kappa shape index (κ1) is 13.0. The van der Waals surface area contributed by atoms with Crippen molar-refractivity contribution in [2.75, 3.05) is 7.11 Å². The molecule has 1 aliphatic heterocycles. The van der Waals surface area contributed by atoms with Gasteiger partial charge >= 0.3 is 0 Å². The van der Waals surface area contributed by atoms with Crippen molar-refractivity contribution < 1.29 is 14.5 Å². The minimum atomic E-state index is -0.652. The summed E-state index contributed by atoms with van der Waals surface area (Å²) in [6.45, 7) is 4.00. The molecule has 92 valence electrons. The van der Waals surface area contributed by atoms with Crippen LogP contribution in [0.2, 0.25) is 0 Å². The van der Waals surface area contributed by atoms with Gasteiger partial charge in [0.2, 0.25) is 5.71 Å². The van der Waals surface area contributed by atoms with Crippen LogP contribution < -0.4 is 5.32 Å². The van der Waals surface area contributed by atoms with Crippen molar-refractivity contribution in [1.29, 1.82) is 5.26 Å². The number of oxime groups is 2. The number of nitrogens with one attached hydrogen (secondary N) is 1. The Labute approximate surface area is 99.0 Å². The first-order chi connectivity index (χ1) is 8.08. The van der Waals surface area contributed by atoms with Gasteiger partial charge in [-0.15, -0.1) is 0 Å². The highest BCUT2D eigenvalue weighted by molar-refractivity contribution is 6.47. The molecular formula is C10H14N4O3. The largest absolute Gasteiger partial charge is 0.398 e. The van der Waals surface area contributed by atoms with Gasteiger partial charge in [0.15, 0.2) is 5.84 Å². The van der Waals surface area contributed by atoms with Crippen LogP contribution in [0.15, 0.2) is 10.3 Å². The van der Waals surface area contributed by atoms with Crippen molar-refractivity contribution in [2.45, 2.75) is 26.4 Å². The molecule has 1 aliphatic rings. The number of nitriles is 1. The monoisotopic (exact) mass is 238 g/mol. The lowest BCUT2D eigenvalue weighted by Crippen LogP contribution is -2.35. The highest BCUT2D eigenvalue weighted by Crippen LogP contribution is 2.16. The molecule has 0 aromatic rings. The average Bonchev–Trinajstić information content (AvgIpc) is 2.74. The molecule has 0 saturated heterocycles. The van der Waals surface area contributed by atoms with Crippen LogP contribution in [-0.2, 0) is 14.5 Å². The highest BCUT2D eigenvalue weighted by Gasteiger charge is 2.26. The molecule has 1 atom stereocenters. The quantitative estimate of drug-likeness (QED) is 0.568. The molecule has 0 aliphatic carbocycles. The molecule has 7 heteroatoms. The lowest BCUT2D eigenvalue weighted by molar-refractivity contribution is -0.113. The summed E-state index contributed by atoms with van der Waals surface area (Å²) in [6, 6.07) is 1.63. The zero-order valence-electron chi connectivity index (χ0n) is 9.93. The third-order valence-corrected chi connectivity index (χ3v) is 2.20. The van der Waals surface area contributed by atoms with Crippen LogP contribution in [0.3, 0.4) is 0 Å². The first-order valence-electron chi connectivity index (χ1n) is 5.13. The molecule has 1 unspecified atom stereocenters. The van der Waals surface area contributed by atoms with Gasteiger partial charge in [-0.2, -0.15) is 5.26 Å². The number of amides is 1. The van der Waals surface area contributed by atoms with Gasteiger partial charge in [-0.25, -0.2) is 0 Å². The van der Waals surface area contributed by atoms with Crippen molar-refractivity contribution in [3.8, 4) is 6.07 Å². The van der Waals surface area contributed by atoms with E-state index in [9.17, 15) is 4.79 Å². The van der Waals surface area contributed by atoms with Crippen molar-refractivity contribution in [3.63, 3.8) is 0 Å². The molecule has 0 aromatic heterocycles. The fraction of sp³-hybridized carbons (Fsp3) is 0.600. The first-order valence-corrected chi connectivity index (χ1v) is 5.13. The van der Waals surface area contributed by atoms with Gasteiger partial charge in [0.25, 0.3) is 5.91 Å². The summed E-state index contributed by atoms with van der Waals surface area (Å²) in [4.78, 5) is 21.0. The molecule has 1 rings (SSSR count). The van der Waals surface area contributed by atoms with Crippen LogP contribution in [0.25, 0.3) is 0 Å². The second-order valence-electron chi connectivity index (χ2n) is 3.82. The summed E-state index contributed by atoms with van der Waals surface area (Å²) in [5, 5.41) is 18.1. The van der Waals surface area contributed by atoms with Crippen LogP contribution in [0.1, 0.15) is 20.3 Å². The number of rotatable bonds is 3. The minimum absolute atomic E-state index is 0.0461. The van der Waals surface area contributed by atoms with Gasteiger partial charge in [-0.05, 0) is 5.92 Å². The van der Waals surface area contributed by atoms with Gasteiger partial charge < -0.3 is 15.0 Å². The molecule has 0 aromatic carbocycles. The van der Waals surface area contributed by atoms with E-state index in [4.69, 9.17) is 10.1 Å². The number of hydrogen-bond acceptors (Lipinski definition) is 6. The molecular weight excluding hydrogens is 224 g/mol. The number of nitrogens with zero attached hydrogens (tertiary/aromatic N) is 3. The van der Waals surface area contributed by atoms with E-state index in [-0.39, 0.29) is 11.8 Å². The molecule has 17 heavy (non-hydrogen) atoms. The summed E-state index contributed by atoms with van der Waals surface area (Å²) in [5.74, 6) is 0.0464. The molecule has 0 spiro atoms. The lowest BCUT2D eigenvalue weighted by Gasteiger charge is -2.10. The van der Waals surface area contributed by atoms with Gasteiger partial charge in [0.1, 0.15) is 19.3 Å². The van der Waals surface area contributed by atoms with Crippen LogP contribution in [0.4, 0.5) is 0 Å². The fourth-order valence-electron chi connectivity index (χ4n) is 1.22. The molecule has 1 amide bonds. The fourth-order valence-corrected chi connectivity index (χ4v) is 1.22. The minimum Gasteiger partial charge on any atom is -0.398 e. The van der Waals surface area contributed by atoms with E-state index in [1.807, 2.05) is 13.8 Å². The Bertz CT molecular complexity index is 395. The van der Waals surface area contributed by atoms with Crippen LogP contribution in [0.5, 0.6) is 0 Å². The van der Waals surface area contributed by atoms with Crippen LogP contribution in [0, 0.1) is 17.2 Å². The zero-order chi connectivity index (χ0) is 12.8. The summed E-state index contributed by atoms with van der Waals surface area (Å²) >= 11 is 0. The Balaban J connectivity index is 2.55. The van der Waals surface area contributed by atoms with Crippen LogP contribution >= 0.6 is 0 Å². The van der Waals surface area contributed by atoms with Gasteiger partial charge in [-0.1, -0.05) is 24.2 Å². The Morgan fingerprint density at radius 1 is 1.76 bits per heavy atom. The zero-order valence-corrected chi connectivity index (χ0v) is 9.93. The van der Waals surface area contributed by atoms with E-state index in [2.05, 4.69) is 20.5 Å². The SMILES string of the molecule is CO/N=C(\C#N)C(=O)NC1=NOC(C(C)C)C1. The van der Waals surface area contributed by atoms with Crippen LogP contribution in [-0.4, -0.2) is 30.7 Å². The van der Waals surface area contributed by atoms with Gasteiger partial charge in [0.05, 0.1) is 0 Å². The molecule has 0 radical (unpaired) electrons. The van der Waals surface area contributed by atoms with E-state index >= 15 is 0 Å². The number of carbonyl (C=O) groups excluding carboxylic acids is 1. The second-order valence-corrected chi connectivity index (χ2v) is 3.82. The van der Waals surface area contributed by atoms with E-state index in [0.717, 1.165) is 0 Å². The Morgan fingerprint density at radius 3 is 2.94 bits per heavy atom. The molecule has 0 saturated carbocycles. The average molecular weight is 238 g/mol. The van der Waals surface area contributed by atoms with E-state index in [0.29, 0.717) is 18.2 Å². The smallest absolute Gasteiger partial charge is 0.289 e. The molecule has 1 heterocycles. The summed E-state index contributed by atoms with van der Waals surface area (Å²) in [7, 11) is 1.26. The third-order valence-electron chi connectivity index (χ3n) is 2.20. The second kappa shape index (κ2) is 5.84. The lowest BCUT2D eigenvalue weighted by atomic mass is 10.0. The predicted octanol–water partition coefficient (Wildman–Crippen LogP) is 0.387. The maximum atomic E-state index is 11.5. The number of hydrogen-bond donors (Lipinski definition) is 1. The van der Waals surface area contributed by atoms with Gasteiger partial charge in [-0.3, -0.25) is 4.79 Å². The van der Waals surface area contributed by atoms with Crippen molar-refractivity contribution >= 4 is 17.5 Å². The maximum absolute atomic E-state index is 11.5. The topological polar surface area (TPSA) is 96.1 Å². The predicted molar refractivity (Wildman–Crippen MR) is 60.0 cm³/mol. The van der Waals surface area contributed by atoms with Crippen molar-refractivity contribution in [1.82, 2.24) is 5.32 Å². The Hall–Kier alpha value is -2.10. The normalized spacial score (nSPS) is 19.4.